The zero-order valence-corrected chi connectivity index (χ0v) is 20.1. The average Bonchev–Trinajstić information content (AvgIpc) is 3.39. The van der Waals surface area contributed by atoms with E-state index in [1.54, 1.807) is 0 Å². The number of hydrogen-bond donors (Lipinski definition) is 0. The largest absolute Gasteiger partial charge is 0.355 e. The molecule has 1 aliphatic heterocycles. The number of anilines is 1. The third-order valence-corrected chi connectivity index (χ3v) is 8.61. The third kappa shape index (κ3) is 3.86. The van der Waals surface area contributed by atoms with E-state index in [0.29, 0.717) is 22.6 Å². The fraction of sp³-hybridized carbons (Fsp3) is 0.391. The van der Waals surface area contributed by atoms with Crippen molar-refractivity contribution in [3.05, 3.63) is 47.4 Å². The van der Waals surface area contributed by atoms with Crippen LogP contribution in [0.4, 0.5) is 10.2 Å². The predicted molar refractivity (Wildman–Crippen MR) is 126 cm³/mol. The van der Waals surface area contributed by atoms with E-state index in [0.717, 1.165) is 73.3 Å². The second-order valence-electron chi connectivity index (χ2n) is 8.96. The molecule has 1 saturated carbocycles. The number of fused-ring (bicyclic) bond motifs is 1. The molecule has 6 rings (SSSR count). The number of nitrogens with zero attached hydrogens (tertiary/aromatic N) is 5. The van der Waals surface area contributed by atoms with Gasteiger partial charge < -0.3 is 9.42 Å². The lowest BCUT2D eigenvalue weighted by molar-refractivity contribution is 0.326. The summed E-state index contributed by atoms with van der Waals surface area (Å²) in [5.74, 6) is 2.55. The number of aromatic nitrogens is 4. The van der Waals surface area contributed by atoms with Gasteiger partial charge in [0.25, 0.3) is 0 Å². The van der Waals surface area contributed by atoms with Crippen LogP contribution in [-0.4, -0.2) is 47.9 Å². The molecular weight excluding hydrogens is 477 g/mol. The molecule has 0 radical (unpaired) electrons. The Morgan fingerprint density at radius 1 is 1.09 bits per heavy atom. The van der Waals surface area contributed by atoms with Gasteiger partial charge in [0.1, 0.15) is 18.0 Å². The van der Waals surface area contributed by atoms with E-state index in [1.807, 2.05) is 5.38 Å². The molecule has 0 unspecified atom stereocenters. The highest BCUT2D eigenvalue weighted by Crippen LogP contribution is 2.41. The second kappa shape index (κ2) is 8.09. The van der Waals surface area contributed by atoms with Crippen molar-refractivity contribution in [1.29, 1.82) is 0 Å². The van der Waals surface area contributed by atoms with Gasteiger partial charge in [-0.25, -0.2) is 22.8 Å². The van der Waals surface area contributed by atoms with Crippen molar-refractivity contribution in [2.24, 2.45) is 0 Å². The zero-order chi connectivity index (χ0) is 23.4. The van der Waals surface area contributed by atoms with Crippen LogP contribution in [0.15, 0.2) is 39.3 Å². The molecule has 3 aromatic heterocycles. The van der Waals surface area contributed by atoms with Crippen LogP contribution in [0.1, 0.15) is 49.2 Å². The Hall–Kier alpha value is -2.92. The van der Waals surface area contributed by atoms with E-state index in [2.05, 4.69) is 25.0 Å². The molecule has 1 aliphatic carbocycles. The molecule has 176 valence electrons. The fourth-order valence-electron chi connectivity index (χ4n) is 4.46. The zero-order valence-electron chi connectivity index (χ0n) is 18.4. The van der Waals surface area contributed by atoms with Gasteiger partial charge in [0.05, 0.1) is 15.1 Å². The minimum absolute atomic E-state index is 0.0445. The number of thiophene rings is 1. The Labute approximate surface area is 199 Å². The molecule has 1 saturated heterocycles. The summed E-state index contributed by atoms with van der Waals surface area (Å²) < 4.78 is 44.8. The number of piperidine rings is 1. The first-order valence-corrected chi connectivity index (χ1v) is 14.0. The average molecular weight is 500 g/mol. The van der Waals surface area contributed by atoms with Gasteiger partial charge in [0, 0.05) is 47.7 Å². The Morgan fingerprint density at radius 3 is 2.59 bits per heavy atom. The lowest BCUT2D eigenvalue weighted by atomic mass is 9.96. The maximum Gasteiger partial charge on any atom is 0.229 e. The van der Waals surface area contributed by atoms with Crippen LogP contribution in [0.2, 0.25) is 0 Å². The molecule has 4 heterocycles. The van der Waals surface area contributed by atoms with Gasteiger partial charge in [-0.05, 0) is 37.8 Å². The first kappa shape index (κ1) is 21.6. The van der Waals surface area contributed by atoms with Crippen LogP contribution in [-0.2, 0) is 9.84 Å². The molecule has 8 nitrogen and oxygen atoms in total. The number of rotatable bonds is 5. The highest BCUT2D eigenvalue weighted by atomic mass is 32.2. The van der Waals surface area contributed by atoms with Gasteiger partial charge in [-0.2, -0.15) is 4.98 Å². The summed E-state index contributed by atoms with van der Waals surface area (Å²) >= 11 is 1.47. The molecule has 4 aromatic rings. The molecule has 34 heavy (non-hydrogen) atoms. The minimum Gasteiger partial charge on any atom is -0.355 e. The Bertz CT molecular complexity index is 1490. The lowest BCUT2D eigenvalue weighted by Gasteiger charge is -2.31. The van der Waals surface area contributed by atoms with Crippen molar-refractivity contribution >= 4 is 37.2 Å². The normalized spacial score (nSPS) is 17.5. The van der Waals surface area contributed by atoms with Gasteiger partial charge in [-0.3, -0.25) is 0 Å². The van der Waals surface area contributed by atoms with Gasteiger partial charge in [0.15, 0.2) is 15.7 Å². The van der Waals surface area contributed by atoms with Crippen molar-refractivity contribution in [3.8, 4) is 11.1 Å². The molecule has 0 amide bonds. The topological polar surface area (TPSA) is 102 Å². The molecule has 0 N–H and O–H groups in total. The van der Waals surface area contributed by atoms with Crippen LogP contribution in [0.25, 0.3) is 21.3 Å². The van der Waals surface area contributed by atoms with Crippen LogP contribution < -0.4 is 4.90 Å². The highest BCUT2D eigenvalue weighted by molar-refractivity contribution is 7.90. The van der Waals surface area contributed by atoms with E-state index in [-0.39, 0.29) is 10.8 Å². The maximum atomic E-state index is 14.9. The van der Waals surface area contributed by atoms with Crippen LogP contribution in [0.3, 0.4) is 0 Å². The summed E-state index contributed by atoms with van der Waals surface area (Å²) in [5, 5.41) is 6.00. The van der Waals surface area contributed by atoms with Crippen molar-refractivity contribution in [3.63, 3.8) is 0 Å². The second-order valence-corrected chi connectivity index (χ2v) is 11.9. The third-order valence-electron chi connectivity index (χ3n) is 6.54. The number of halogens is 1. The molecule has 2 aliphatic rings. The molecule has 0 spiro atoms. The van der Waals surface area contributed by atoms with E-state index in [1.165, 1.54) is 29.8 Å². The summed E-state index contributed by atoms with van der Waals surface area (Å²) in [6.45, 7) is 1.59. The first-order chi connectivity index (χ1) is 16.4. The standard InChI is InChI=1S/C23H22FN5O3S2/c1-34(30,31)15-4-5-16(18(24)10-15)17-11-33-20-19(17)25-12-26-22(20)29-8-6-14(7-9-29)23-27-21(28-32-23)13-2-3-13/h4-5,10-14H,2-3,6-9H2,1H3. The van der Waals surface area contributed by atoms with Gasteiger partial charge in [-0.15, -0.1) is 11.3 Å². The quantitative estimate of drug-likeness (QED) is 0.394. The van der Waals surface area contributed by atoms with Crippen LogP contribution in [0.5, 0.6) is 0 Å². The van der Waals surface area contributed by atoms with E-state index in [4.69, 9.17) is 4.52 Å². The van der Waals surface area contributed by atoms with Crippen molar-refractivity contribution < 1.29 is 17.3 Å². The maximum absolute atomic E-state index is 14.9. The van der Waals surface area contributed by atoms with Crippen molar-refractivity contribution in [2.45, 2.75) is 42.4 Å². The van der Waals surface area contributed by atoms with Gasteiger partial charge in [-0.1, -0.05) is 11.2 Å². The monoisotopic (exact) mass is 499 g/mol. The van der Waals surface area contributed by atoms with Crippen LogP contribution >= 0.6 is 11.3 Å². The van der Waals surface area contributed by atoms with Crippen LogP contribution in [0, 0.1) is 5.82 Å². The summed E-state index contributed by atoms with van der Waals surface area (Å²) in [4.78, 5) is 15.8. The first-order valence-electron chi connectivity index (χ1n) is 11.2. The minimum atomic E-state index is -3.48. The molecule has 0 bridgehead atoms. The Balaban J connectivity index is 1.25. The molecule has 0 atom stereocenters. The van der Waals surface area contributed by atoms with E-state index < -0.39 is 15.7 Å². The van der Waals surface area contributed by atoms with Gasteiger partial charge >= 0.3 is 0 Å². The van der Waals surface area contributed by atoms with E-state index >= 15 is 0 Å². The SMILES string of the molecule is CS(=O)(=O)c1ccc(-c2csc3c(N4CCC(c5nc(C6CC6)no5)CC4)ncnc23)c(F)c1. The predicted octanol–water partition coefficient (Wildman–Crippen LogP) is 4.55. The molecule has 2 fully saturated rings. The fourth-order valence-corrected chi connectivity index (χ4v) is 6.13. The lowest BCUT2D eigenvalue weighted by Crippen LogP contribution is -2.33. The van der Waals surface area contributed by atoms with E-state index in [9.17, 15) is 12.8 Å². The summed E-state index contributed by atoms with van der Waals surface area (Å²) in [7, 11) is -3.48. The number of hydrogen-bond acceptors (Lipinski definition) is 9. The van der Waals surface area contributed by atoms with Gasteiger partial charge in [0.2, 0.25) is 5.89 Å². The smallest absolute Gasteiger partial charge is 0.229 e. The molecule has 1 aromatic carbocycles. The summed E-state index contributed by atoms with van der Waals surface area (Å²) in [6.07, 6.45) is 6.64. The number of benzene rings is 1. The molecule has 11 heteroatoms. The Kier molecular flexibility index (Phi) is 5.14. The highest BCUT2D eigenvalue weighted by Gasteiger charge is 2.32. The van der Waals surface area contributed by atoms with Crippen molar-refractivity contribution in [1.82, 2.24) is 20.1 Å². The van der Waals surface area contributed by atoms with Crippen molar-refractivity contribution in [2.75, 3.05) is 24.2 Å². The number of sulfone groups is 1. The Morgan fingerprint density at radius 2 is 1.88 bits per heavy atom. The summed E-state index contributed by atoms with van der Waals surface area (Å²) in [6, 6.07) is 3.99. The molecular formula is C23H22FN5O3S2. The summed E-state index contributed by atoms with van der Waals surface area (Å²) in [5.41, 5.74) is 1.62.